The fraction of sp³-hybridized carbons (Fsp3) is 0.143. The number of hydrogen-bond donors (Lipinski definition) is 1. The van der Waals surface area contributed by atoms with E-state index in [1.54, 1.807) is 6.20 Å². The van der Waals surface area contributed by atoms with Crippen LogP contribution in [-0.4, -0.2) is 21.3 Å². The van der Waals surface area contributed by atoms with E-state index in [9.17, 15) is 0 Å². The number of aromatic nitrogens is 3. The second kappa shape index (κ2) is 4.87. The van der Waals surface area contributed by atoms with Gasteiger partial charge >= 0.3 is 0 Å². The largest absolute Gasteiger partial charge is 0.383 e. The van der Waals surface area contributed by atoms with Crippen molar-refractivity contribution >= 4 is 16.6 Å². The van der Waals surface area contributed by atoms with Crippen LogP contribution in [-0.2, 0) is 6.54 Å². The second-order valence-corrected chi connectivity index (χ2v) is 4.07. The normalized spacial score (nSPS) is 10.7. The van der Waals surface area contributed by atoms with E-state index in [-0.39, 0.29) is 0 Å². The topological polar surface area (TPSA) is 42.7 Å². The third kappa shape index (κ3) is 2.18. The van der Waals surface area contributed by atoms with Gasteiger partial charge in [0.2, 0.25) is 0 Å². The molecule has 3 aromatic rings. The first-order chi connectivity index (χ1) is 8.93. The number of nitrogens with one attached hydrogen (secondary N) is 1. The van der Waals surface area contributed by atoms with Crippen LogP contribution in [0.5, 0.6) is 0 Å². The molecule has 90 valence electrons. The lowest BCUT2D eigenvalue weighted by Gasteiger charge is -2.09. The van der Waals surface area contributed by atoms with Crippen LogP contribution in [0.15, 0.2) is 55.0 Å². The van der Waals surface area contributed by atoms with Gasteiger partial charge in [0.1, 0.15) is 0 Å². The van der Waals surface area contributed by atoms with Crippen LogP contribution in [0.2, 0.25) is 0 Å². The first-order valence-corrected chi connectivity index (χ1v) is 5.98. The summed E-state index contributed by atoms with van der Waals surface area (Å²) in [5, 5.41) is 8.75. The smallest absolute Gasteiger partial charge is 0.0722 e. The molecule has 0 aliphatic heterocycles. The lowest BCUT2D eigenvalue weighted by Crippen LogP contribution is -2.11. The molecule has 1 N–H and O–H groups in total. The molecule has 0 bridgehead atoms. The van der Waals surface area contributed by atoms with Crippen molar-refractivity contribution < 1.29 is 0 Å². The number of fused-ring (bicyclic) bond motifs is 1. The Morgan fingerprint density at radius 3 is 2.89 bits per heavy atom. The van der Waals surface area contributed by atoms with Crippen LogP contribution in [0.1, 0.15) is 0 Å². The summed E-state index contributed by atoms with van der Waals surface area (Å²) in [5.74, 6) is 0. The van der Waals surface area contributed by atoms with Crippen LogP contribution in [0, 0.1) is 0 Å². The van der Waals surface area contributed by atoms with Crippen LogP contribution in [0.3, 0.4) is 0 Å². The van der Waals surface area contributed by atoms with Crippen LogP contribution < -0.4 is 5.32 Å². The minimum absolute atomic E-state index is 0.843. The molecule has 3 rings (SSSR count). The lowest BCUT2D eigenvalue weighted by atomic mass is 10.2. The molecule has 4 nitrogen and oxygen atoms in total. The molecule has 0 unspecified atom stereocenters. The summed E-state index contributed by atoms with van der Waals surface area (Å²) in [6.45, 7) is 1.69. The van der Waals surface area contributed by atoms with Crippen molar-refractivity contribution in [1.82, 2.24) is 14.8 Å². The van der Waals surface area contributed by atoms with Gasteiger partial charge in [0, 0.05) is 36.2 Å². The summed E-state index contributed by atoms with van der Waals surface area (Å²) >= 11 is 0. The Morgan fingerprint density at radius 2 is 2.00 bits per heavy atom. The Hall–Kier alpha value is -2.36. The molecule has 0 spiro atoms. The molecule has 0 radical (unpaired) electrons. The second-order valence-electron chi connectivity index (χ2n) is 4.07. The van der Waals surface area contributed by atoms with Gasteiger partial charge in [0.25, 0.3) is 0 Å². The molecule has 18 heavy (non-hydrogen) atoms. The average Bonchev–Trinajstić information content (AvgIpc) is 2.92. The molecule has 2 aromatic heterocycles. The molecule has 0 aliphatic carbocycles. The number of anilines is 1. The zero-order valence-electron chi connectivity index (χ0n) is 9.95. The van der Waals surface area contributed by atoms with Crippen molar-refractivity contribution in [2.24, 2.45) is 0 Å². The Balaban J connectivity index is 1.74. The van der Waals surface area contributed by atoms with E-state index < -0.39 is 0 Å². The van der Waals surface area contributed by atoms with Crippen molar-refractivity contribution in [2.45, 2.75) is 6.54 Å². The third-order valence-electron chi connectivity index (χ3n) is 2.86. The molecule has 1 aromatic carbocycles. The van der Waals surface area contributed by atoms with Crippen molar-refractivity contribution in [3.05, 3.63) is 55.0 Å². The molecule has 0 atom stereocenters. The Labute approximate surface area is 105 Å². The van der Waals surface area contributed by atoms with E-state index in [2.05, 4.69) is 21.5 Å². The fourth-order valence-corrected chi connectivity index (χ4v) is 1.99. The number of nitrogens with zero attached hydrogens (tertiary/aromatic N) is 3. The summed E-state index contributed by atoms with van der Waals surface area (Å²) < 4.78 is 1.91. The average molecular weight is 238 g/mol. The van der Waals surface area contributed by atoms with Gasteiger partial charge in [-0.25, -0.2) is 0 Å². The van der Waals surface area contributed by atoms with Gasteiger partial charge < -0.3 is 5.32 Å². The molecule has 0 fully saturated rings. The number of pyridine rings is 1. The van der Waals surface area contributed by atoms with Gasteiger partial charge in [0.05, 0.1) is 12.1 Å². The van der Waals surface area contributed by atoms with Crippen molar-refractivity contribution in [2.75, 3.05) is 11.9 Å². The van der Waals surface area contributed by atoms with Crippen molar-refractivity contribution in [1.29, 1.82) is 0 Å². The molecule has 2 heterocycles. The first-order valence-electron chi connectivity index (χ1n) is 5.98. The fourth-order valence-electron chi connectivity index (χ4n) is 1.99. The molecule has 4 heteroatoms. The molecule has 0 amide bonds. The SMILES string of the molecule is c1ccc2c(NCCn3cccn3)ccnc2c1. The Morgan fingerprint density at radius 1 is 1.06 bits per heavy atom. The summed E-state index contributed by atoms with van der Waals surface area (Å²) in [5.41, 5.74) is 2.13. The number of benzene rings is 1. The number of rotatable bonds is 4. The summed E-state index contributed by atoms with van der Waals surface area (Å²) in [6.07, 6.45) is 5.59. The van der Waals surface area contributed by atoms with Gasteiger partial charge in [0.15, 0.2) is 0 Å². The van der Waals surface area contributed by atoms with Gasteiger partial charge in [-0.2, -0.15) is 5.10 Å². The minimum atomic E-state index is 0.843. The maximum Gasteiger partial charge on any atom is 0.0722 e. The van der Waals surface area contributed by atoms with Crippen molar-refractivity contribution in [3.8, 4) is 0 Å². The lowest BCUT2D eigenvalue weighted by molar-refractivity contribution is 0.638. The van der Waals surface area contributed by atoms with E-state index >= 15 is 0 Å². The standard InChI is InChI=1S/C14H14N4/c1-2-5-13-12(4-1)14(6-8-15-13)16-9-11-18-10-3-7-17-18/h1-8,10H,9,11H2,(H,15,16). The summed E-state index contributed by atoms with van der Waals surface area (Å²) in [4.78, 5) is 4.34. The zero-order chi connectivity index (χ0) is 12.2. The minimum Gasteiger partial charge on any atom is -0.383 e. The van der Waals surface area contributed by atoms with E-state index in [0.717, 1.165) is 29.7 Å². The molecule has 0 aliphatic rings. The van der Waals surface area contributed by atoms with E-state index in [4.69, 9.17) is 0 Å². The highest BCUT2D eigenvalue weighted by Gasteiger charge is 2.00. The molecular formula is C14H14N4. The summed E-state index contributed by atoms with van der Waals surface area (Å²) in [7, 11) is 0. The quantitative estimate of drug-likeness (QED) is 0.759. The predicted octanol–water partition coefficient (Wildman–Crippen LogP) is 2.54. The third-order valence-corrected chi connectivity index (χ3v) is 2.86. The maximum absolute atomic E-state index is 4.34. The van der Waals surface area contributed by atoms with Crippen LogP contribution in [0.25, 0.3) is 10.9 Å². The van der Waals surface area contributed by atoms with Gasteiger partial charge in [-0.15, -0.1) is 0 Å². The van der Waals surface area contributed by atoms with Gasteiger partial charge in [-0.05, 0) is 18.2 Å². The molecule has 0 saturated heterocycles. The first kappa shape index (κ1) is 10.8. The van der Waals surface area contributed by atoms with Gasteiger partial charge in [-0.1, -0.05) is 18.2 Å². The summed E-state index contributed by atoms with van der Waals surface area (Å²) in [6, 6.07) is 12.1. The van der Waals surface area contributed by atoms with E-state index in [1.165, 1.54) is 0 Å². The van der Waals surface area contributed by atoms with E-state index in [0.29, 0.717) is 0 Å². The van der Waals surface area contributed by atoms with Crippen LogP contribution in [0.4, 0.5) is 5.69 Å². The zero-order valence-corrected chi connectivity index (χ0v) is 9.95. The highest BCUT2D eigenvalue weighted by atomic mass is 15.3. The monoisotopic (exact) mass is 238 g/mol. The highest BCUT2D eigenvalue weighted by Crippen LogP contribution is 2.20. The number of hydrogen-bond acceptors (Lipinski definition) is 3. The predicted molar refractivity (Wildman–Crippen MR) is 72.5 cm³/mol. The Bertz CT molecular complexity index is 626. The van der Waals surface area contributed by atoms with Gasteiger partial charge in [-0.3, -0.25) is 9.67 Å². The van der Waals surface area contributed by atoms with Crippen LogP contribution >= 0.6 is 0 Å². The molecular weight excluding hydrogens is 224 g/mol. The Kier molecular flexibility index (Phi) is 2.92. The maximum atomic E-state index is 4.34. The van der Waals surface area contributed by atoms with Crippen molar-refractivity contribution in [3.63, 3.8) is 0 Å². The highest BCUT2D eigenvalue weighted by molar-refractivity contribution is 5.90. The number of para-hydroxylation sites is 1. The molecule has 0 saturated carbocycles. The van der Waals surface area contributed by atoms with E-state index in [1.807, 2.05) is 47.4 Å².